The lowest BCUT2D eigenvalue weighted by Gasteiger charge is -2.23. The van der Waals surface area contributed by atoms with Gasteiger partial charge in [-0.05, 0) is 6.92 Å². The Hall–Kier alpha value is -0.200. The highest BCUT2D eigenvalue weighted by atomic mass is 16.5. The van der Waals surface area contributed by atoms with E-state index in [1.807, 2.05) is 0 Å². The van der Waals surface area contributed by atoms with E-state index in [0.29, 0.717) is 39.4 Å². The molecule has 0 amide bonds. The second-order valence-electron chi connectivity index (χ2n) is 4.02. The van der Waals surface area contributed by atoms with E-state index in [9.17, 15) is 5.11 Å². The van der Waals surface area contributed by atoms with Crippen LogP contribution in [0.25, 0.3) is 0 Å². The number of methoxy groups -OCH3 is 2. The molecule has 16 heavy (non-hydrogen) atoms. The van der Waals surface area contributed by atoms with Crippen molar-refractivity contribution in [3.05, 3.63) is 0 Å². The summed E-state index contributed by atoms with van der Waals surface area (Å²) in [5, 5.41) is 13.0. The summed E-state index contributed by atoms with van der Waals surface area (Å²) in [6.45, 7) is 5.49. The molecular formula is C11H25NO4. The van der Waals surface area contributed by atoms with Crippen molar-refractivity contribution in [3.8, 4) is 0 Å². The van der Waals surface area contributed by atoms with Gasteiger partial charge in [-0.2, -0.15) is 0 Å². The molecule has 0 saturated heterocycles. The summed E-state index contributed by atoms with van der Waals surface area (Å²) in [6.07, 6.45) is 0.626. The molecule has 1 atom stereocenters. The summed E-state index contributed by atoms with van der Waals surface area (Å²) in [7, 11) is 3.28. The van der Waals surface area contributed by atoms with Crippen LogP contribution < -0.4 is 5.32 Å². The van der Waals surface area contributed by atoms with Gasteiger partial charge in [-0.15, -0.1) is 0 Å². The van der Waals surface area contributed by atoms with Crippen LogP contribution in [0.1, 0.15) is 13.3 Å². The molecule has 0 aromatic heterocycles. The molecule has 0 rings (SSSR count). The van der Waals surface area contributed by atoms with Gasteiger partial charge in [-0.25, -0.2) is 0 Å². The van der Waals surface area contributed by atoms with Crippen molar-refractivity contribution in [1.29, 1.82) is 0 Å². The summed E-state index contributed by atoms with van der Waals surface area (Å²) >= 11 is 0. The fraction of sp³-hybridized carbons (Fsp3) is 1.00. The fourth-order valence-corrected chi connectivity index (χ4v) is 1.16. The van der Waals surface area contributed by atoms with E-state index >= 15 is 0 Å². The van der Waals surface area contributed by atoms with Gasteiger partial charge in [0.15, 0.2) is 0 Å². The van der Waals surface area contributed by atoms with Crippen molar-refractivity contribution in [1.82, 2.24) is 5.32 Å². The van der Waals surface area contributed by atoms with E-state index in [-0.39, 0.29) is 0 Å². The molecule has 2 N–H and O–H groups in total. The molecule has 0 fully saturated rings. The largest absolute Gasteiger partial charge is 0.389 e. The molecule has 0 saturated carbocycles. The van der Waals surface area contributed by atoms with E-state index in [2.05, 4.69) is 5.32 Å². The molecular weight excluding hydrogens is 210 g/mol. The van der Waals surface area contributed by atoms with Gasteiger partial charge in [-0.3, -0.25) is 0 Å². The number of ether oxygens (including phenoxy) is 3. The third-order valence-electron chi connectivity index (χ3n) is 2.21. The van der Waals surface area contributed by atoms with Crippen molar-refractivity contribution in [2.45, 2.75) is 18.9 Å². The van der Waals surface area contributed by atoms with Crippen LogP contribution in [0.2, 0.25) is 0 Å². The Balaban J connectivity index is 3.29. The first-order valence-electron chi connectivity index (χ1n) is 5.61. The van der Waals surface area contributed by atoms with E-state index in [0.717, 1.165) is 6.54 Å². The molecule has 5 heteroatoms. The Morgan fingerprint density at radius 2 is 1.75 bits per heavy atom. The highest BCUT2D eigenvalue weighted by Gasteiger charge is 2.18. The van der Waals surface area contributed by atoms with Crippen molar-refractivity contribution >= 4 is 0 Å². The van der Waals surface area contributed by atoms with Crippen molar-refractivity contribution in [3.63, 3.8) is 0 Å². The summed E-state index contributed by atoms with van der Waals surface area (Å²) in [5.41, 5.74) is -0.720. The monoisotopic (exact) mass is 235 g/mol. The Morgan fingerprint density at radius 3 is 2.38 bits per heavy atom. The van der Waals surface area contributed by atoms with Gasteiger partial charge >= 0.3 is 0 Å². The minimum Gasteiger partial charge on any atom is -0.389 e. The van der Waals surface area contributed by atoms with Crippen LogP contribution in [0.3, 0.4) is 0 Å². The number of hydrogen-bond acceptors (Lipinski definition) is 5. The number of aliphatic hydroxyl groups is 1. The lowest BCUT2D eigenvalue weighted by molar-refractivity contribution is 0.0219. The van der Waals surface area contributed by atoms with Crippen LogP contribution in [0.15, 0.2) is 0 Å². The van der Waals surface area contributed by atoms with Crippen LogP contribution in [0.4, 0.5) is 0 Å². The topological polar surface area (TPSA) is 60.0 Å². The zero-order valence-corrected chi connectivity index (χ0v) is 10.6. The number of nitrogens with one attached hydrogen (secondary N) is 1. The summed E-state index contributed by atoms with van der Waals surface area (Å²) in [6, 6.07) is 0. The number of hydrogen-bond donors (Lipinski definition) is 2. The van der Waals surface area contributed by atoms with Gasteiger partial charge in [0.1, 0.15) is 0 Å². The minimum atomic E-state index is -0.720. The van der Waals surface area contributed by atoms with Crippen molar-refractivity contribution in [2.24, 2.45) is 0 Å². The second kappa shape index (κ2) is 9.99. The molecule has 0 aromatic carbocycles. The summed E-state index contributed by atoms with van der Waals surface area (Å²) < 4.78 is 15.0. The highest BCUT2D eigenvalue weighted by Crippen LogP contribution is 2.06. The quantitative estimate of drug-likeness (QED) is 0.495. The molecule has 0 bridgehead atoms. The first kappa shape index (κ1) is 15.8. The fourth-order valence-electron chi connectivity index (χ4n) is 1.16. The Bertz CT molecular complexity index is 153. The van der Waals surface area contributed by atoms with E-state index in [1.165, 1.54) is 0 Å². The van der Waals surface area contributed by atoms with E-state index < -0.39 is 5.60 Å². The predicted molar refractivity (Wildman–Crippen MR) is 62.7 cm³/mol. The first-order valence-corrected chi connectivity index (χ1v) is 5.61. The predicted octanol–water partition coefficient (Wildman–Crippen LogP) is 0.0265. The zero-order chi connectivity index (χ0) is 12.3. The molecule has 5 nitrogen and oxygen atoms in total. The SMILES string of the molecule is COCCOCCNCC(C)(O)CCOC. The maximum Gasteiger partial charge on any atom is 0.0765 e. The maximum atomic E-state index is 9.88. The standard InChI is InChI=1S/C11H25NO4/c1-11(13,4-6-14-2)10-12-5-7-16-9-8-15-3/h12-13H,4-10H2,1-3H3. The van der Waals surface area contributed by atoms with Crippen LogP contribution in [-0.2, 0) is 14.2 Å². The van der Waals surface area contributed by atoms with Gasteiger partial charge in [0.05, 0.1) is 25.4 Å². The van der Waals surface area contributed by atoms with Gasteiger partial charge in [0.25, 0.3) is 0 Å². The zero-order valence-electron chi connectivity index (χ0n) is 10.6. The van der Waals surface area contributed by atoms with Crippen LogP contribution >= 0.6 is 0 Å². The molecule has 0 aliphatic rings. The third kappa shape index (κ3) is 10.3. The molecule has 1 unspecified atom stereocenters. The van der Waals surface area contributed by atoms with Gasteiger partial charge in [0.2, 0.25) is 0 Å². The lowest BCUT2D eigenvalue weighted by atomic mass is 10.0. The van der Waals surface area contributed by atoms with Crippen LogP contribution in [-0.4, -0.2) is 64.4 Å². The van der Waals surface area contributed by atoms with E-state index in [4.69, 9.17) is 14.2 Å². The van der Waals surface area contributed by atoms with Crippen LogP contribution in [0, 0.1) is 0 Å². The van der Waals surface area contributed by atoms with Crippen molar-refractivity contribution in [2.75, 3.05) is 53.7 Å². The Kier molecular flexibility index (Phi) is 9.86. The molecule has 0 aliphatic heterocycles. The number of rotatable bonds is 11. The van der Waals surface area contributed by atoms with Gasteiger partial charge < -0.3 is 24.6 Å². The smallest absolute Gasteiger partial charge is 0.0765 e. The average molecular weight is 235 g/mol. The van der Waals surface area contributed by atoms with Gasteiger partial charge in [-0.1, -0.05) is 0 Å². The summed E-state index contributed by atoms with van der Waals surface area (Å²) in [5.74, 6) is 0. The molecule has 0 aromatic rings. The van der Waals surface area contributed by atoms with Crippen LogP contribution in [0.5, 0.6) is 0 Å². The molecule has 0 spiro atoms. The lowest BCUT2D eigenvalue weighted by Crippen LogP contribution is -2.39. The molecule has 0 heterocycles. The minimum absolute atomic E-state index is 0.546. The average Bonchev–Trinajstić information content (AvgIpc) is 2.25. The van der Waals surface area contributed by atoms with E-state index in [1.54, 1.807) is 21.1 Å². The molecule has 0 radical (unpaired) electrons. The highest BCUT2D eigenvalue weighted by molar-refractivity contribution is 4.74. The molecule has 98 valence electrons. The van der Waals surface area contributed by atoms with Gasteiger partial charge in [0, 0.05) is 40.3 Å². The van der Waals surface area contributed by atoms with Crippen molar-refractivity contribution < 1.29 is 19.3 Å². The first-order chi connectivity index (χ1) is 7.62. The normalized spacial score (nSPS) is 15.0. The maximum absolute atomic E-state index is 9.88. The second-order valence-corrected chi connectivity index (χ2v) is 4.02. The Labute approximate surface area is 98.1 Å². The summed E-state index contributed by atoms with van der Waals surface area (Å²) in [4.78, 5) is 0. The molecule has 0 aliphatic carbocycles. The Morgan fingerprint density at radius 1 is 1.06 bits per heavy atom. The third-order valence-corrected chi connectivity index (χ3v) is 2.21.